The molecule has 0 aromatic carbocycles. The van der Waals surface area contributed by atoms with Gasteiger partial charge in [0.25, 0.3) is 5.69 Å². The first-order chi connectivity index (χ1) is 7.48. The smallest absolute Gasteiger partial charge is 0.273 e. The molecule has 0 unspecified atom stereocenters. The molecule has 6 heteroatoms. The molecule has 0 bridgehead atoms. The zero-order valence-corrected chi connectivity index (χ0v) is 8.84. The fourth-order valence-corrected chi connectivity index (χ4v) is 1.29. The molecule has 1 aromatic rings. The van der Waals surface area contributed by atoms with Gasteiger partial charge in [-0.25, -0.2) is 0 Å². The van der Waals surface area contributed by atoms with Gasteiger partial charge in [-0.2, -0.15) is 0 Å². The minimum absolute atomic E-state index is 0.0285. The number of nitrogens with zero attached hydrogens (tertiary/aromatic N) is 2. The van der Waals surface area contributed by atoms with Crippen molar-refractivity contribution in [3.8, 4) is 0 Å². The highest BCUT2D eigenvalue weighted by Gasteiger charge is 2.29. The molecule has 6 nitrogen and oxygen atoms in total. The van der Waals surface area contributed by atoms with Gasteiger partial charge in [-0.3, -0.25) is 15.1 Å². The molecular weight excluding hydrogens is 212 g/mol. The molecule has 0 saturated carbocycles. The van der Waals surface area contributed by atoms with Crippen LogP contribution in [-0.4, -0.2) is 15.7 Å². The monoisotopic (exact) mass is 222 g/mol. The van der Waals surface area contributed by atoms with Gasteiger partial charge >= 0.3 is 0 Å². The van der Waals surface area contributed by atoms with Crippen LogP contribution in [0.4, 0.5) is 5.69 Å². The summed E-state index contributed by atoms with van der Waals surface area (Å²) in [5, 5.41) is 10.6. The largest absolute Gasteiger partial charge is 0.457 e. The molecule has 1 aromatic heterocycles. The third-order valence-electron chi connectivity index (χ3n) is 2.01. The summed E-state index contributed by atoms with van der Waals surface area (Å²) in [6.45, 7) is 3.49. The van der Waals surface area contributed by atoms with Gasteiger partial charge < -0.3 is 9.47 Å². The summed E-state index contributed by atoms with van der Waals surface area (Å²) < 4.78 is 10.6. The van der Waals surface area contributed by atoms with Crippen LogP contribution in [0.5, 0.6) is 0 Å². The van der Waals surface area contributed by atoms with E-state index in [1.807, 2.05) is 0 Å². The molecule has 2 rings (SSSR count). The second-order valence-corrected chi connectivity index (χ2v) is 3.76. The van der Waals surface area contributed by atoms with Crippen LogP contribution in [0.3, 0.4) is 0 Å². The van der Waals surface area contributed by atoms with E-state index in [0.29, 0.717) is 11.5 Å². The van der Waals surface area contributed by atoms with E-state index in [4.69, 9.17) is 9.47 Å². The SMILES string of the molecule is CC1(C)OC=C(c2cc([N+](=O)[O-])ccn2)O1. The van der Waals surface area contributed by atoms with Gasteiger partial charge in [0.2, 0.25) is 5.79 Å². The highest BCUT2D eigenvalue weighted by Crippen LogP contribution is 2.30. The fourth-order valence-electron chi connectivity index (χ4n) is 1.29. The van der Waals surface area contributed by atoms with E-state index in [0.717, 1.165) is 0 Å². The molecule has 0 aliphatic carbocycles. The van der Waals surface area contributed by atoms with Crippen LogP contribution in [0, 0.1) is 10.1 Å². The molecule has 0 atom stereocenters. The summed E-state index contributed by atoms with van der Waals surface area (Å²) in [6.07, 6.45) is 2.77. The van der Waals surface area contributed by atoms with Gasteiger partial charge in [-0.15, -0.1) is 0 Å². The standard InChI is InChI=1S/C10H10N2O4/c1-10(2)15-6-9(16-10)8-5-7(12(13)14)3-4-11-8/h3-6H,1-2H3. The number of hydrogen-bond donors (Lipinski definition) is 0. The summed E-state index contributed by atoms with van der Waals surface area (Å²) >= 11 is 0. The quantitative estimate of drug-likeness (QED) is 0.565. The molecular formula is C10H10N2O4. The Morgan fingerprint density at radius 1 is 1.50 bits per heavy atom. The molecule has 0 N–H and O–H groups in total. The van der Waals surface area contributed by atoms with Crippen LogP contribution >= 0.6 is 0 Å². The molecule has 0 fully saturated rings. The second-order valence-electron chi connectivity index (χ2n) is 3.76. The topological polar surface area (TPSA) is 74.5 Å². The molecule has 0 spiro atoms. The van der Waals surface area contributed by atoms with Crippen molar-refractivity contribution in [2.75, 3.05) is 0 Å². The van der Waals surface area contributed by atoms with E-state index in [-0.39, 0.29) is 5.69 Å². The summed E-state index contributed by atoms with van der Waals surface area (Å²) in [4.78, 5) is 14.1. The Hall–Kier alpha value is -2.11. The lowest BCUT2D eigenvalue weighted by molar-refractivity contribution is -0.385. The zero-order valence-electron chi connectivity index (χ0n) is 8.84. The first kappa shape index (κ1) is 10.4. The van der Waals surface area contributed by atoms with Crippen LogP contribution in [0.15, 0.2) is 24.6 Å². The predicted molar refractivity (Wildman–Crippen MR) is 55.1 cm³/mol. The Kier molecular flexibility index (Phi) is 2.26. The van der Waals surface area contributed by atoms with Crippen LogP contribution in [0.1, 0.15) is 19.5 Å². The van der Waals surface area contributed by atoms with E-state index in [9.17, 15) is 10.1 Å². The molecule has 0 radical (unpaired) electrons. The lowest BCUT2D eigenvalue weighted by Crippen LogP contribution is -2.20. The predicted octanol–water partition coefficient (Wildman–Crippen LogP) is 2.07. The van der Waals surface area contributed by atoms with Crippen LogP contribution in [0.2, 0.25) is 0 Å². The zero-order chi connectivity index (χ0) is 11.8. The second kappa shape index (κ2) is 3.48. The van der Waals surface area contributed by atoms with Crippen molar-refractivity contribution in [2.24, 2.45) is 0 Å². The Morgan fingerprint density at radius 3 is 2.81 bits per heavy atom. The third kappa shape index (κ3) is 1.95. The Morgan fingerprint density at radius 2 is 2.25 bits per heavy atom. The number of aromatic nitrogens is 1. The summed E-state index contributed by atoms with van der Waals surface area (Å²) in [6, 6.07) is 2.67. The number of pyridine rings is 1. The van der Waals surface area contributed by atoms with Crippen LogP contribution < -0.4 is 0 Å². The lowest BCUT2D eigenvalue weighted by atomic mass is 10.3. The third-order valence-corrected chi connectivity index (χ3v) is 2.01. The van der Waals surface area contributed by atoms with E-state index in [2.05, 4.69) is 4.98 Å². The number of rotatable bonds is 2. The first-order valence-corrected chi connectivity index (χ1v) is 4.66. The first-order valence-electron chi connectivity index (χ1n) is 4.66. The average molecular weight is 222 g/mol. The molecule has 1 aliphatic heterocycles. The highest BCUT2D eigenvalue weighted by atomic mass is 16.7. The summed E-state index contributed by atoms with van der Waals surface area (Å²) in [7, 11) is 0. The highest BCUT2D eigenvalue weighted by molar-refractivity contribution is 5.58. The van der Waals surface area contributed by atoms with Gasteiger partial charge in [0.05, 0.1) is 4.92 Å². The van der Waals surface area contributed by atoms with Gasteiger partial charge in [-0.05, 0) is 0 Å². The van der Waals surface area contributed by atoms with Crippen molar-refractivity contribution in [1.29, 1.82) is 0 Å². The Balaban J connectivity index is 2.29. The van der Waals surface area contributed by atoms with Gasteiger partial charge in [0.15, 0.2) is 5.76 Å². The maximum absolute atomic E-state index is 10.6. The van der Waals surface area contributed by atoms with E-state index in [1.54, 1.807) is 13.8 Å². The lowest BCUT2D eigenvalue weighted by Gasteiger charge is -2.17. The number of ether oxygens (including phenoxy) is 2. The molecule has 0 saturated heterocycles. The van der Waals surface area contributed by atoms with Crippen molar-refractivity contribution < 1.29 is 14.4 Å². The van der Waals surface area contributed by atoms with Crippen molar-refractivity contribution >= 4 is 11.4 Å². The summed E-state index contributed by atoms with van der Waals surface area (Å²) in [5.74, 6) is -0.351. The molecule has 16 heavy (non-hydrogen) atoms. The van der Waals surface area contributed by atoms with Crippen molar-refractivity contribution in [1.82, 2.24) is 4.98 Å². The van der Waals surface area contributed by atoms with Gasteiger partial charge in [-0.1, -0.05) is 0 Å². The fraction of sp³-hybridized carbons (Fsp3) is 0.300. The molecule has 2 heterocycles. The number of nitro groups is 1. The van der Waals surface area contributed by atoms with E-state index >= 15 is 0 Å². The van der Waals surface area contributed by atoms with Crippen molar-refractivity contribution in [2.45, 2.75) is 19.6 Å². The van der Waals surface area contributed by atoms with Gasteiger partial charge in [0.1, 0.15) is 12.0 Å². The van der Waals surface area contributed by atoms with Crippen molar-refractivity contribution in [3.05, 3.63) is 40.4 Å². The Bertz CT molecular complexity index is 468. The summed E-state index contributed by atoms with van der Waals surface area (Å²) in [5.41, 5.74) is 0.360. The normalized spacial score (nSPS) is 17.2. The molecule has 1 aliphatic rings. The molecule has 0 amide bonds. The van der Waals surface area contributed by atoms with Gasteiger partial charge in [0, 0.05) is 32.2 Å². The van der Waals surface area contributed by atoms with Crippen molar-refractivity contribution in [3.63, 3.8) is 0 Å². The maximum Gasteiger partial charge on any atom is 0.273 e. The van der Waals surface area contributed by atoms with E-state index < -0.39 is 10.7 Å². The minimum atomic E-state index is -0.748. The van der Waals surface area contributed by atoms with Crippen LogP contribution in [0.25, 0.3) is 5.76 Å². The van der Waals surface area contributed by atoms with E-state index in [1.165, 1.54) is 24.6 Å². The average Bonchev–Trinajstić information content (AvgIpc) is 2.59. The molecule has 84 valence electrons. The number of hydrogen-bond acceptors (Lipinski definition) is 5. The maximum atomic E-state index is 10.6. The minimum Gasteiger partial charge on any atom is -0.457 e. The van der Waals surface area contributed by atoms with Crippen LogP contribution in [-0.2, 0) is 9.47 Å². The Labute approximate surface area is 91.7 Å².